The summed E-state index contributed by atoms with van der Waals surface area (Å²) < 4.78 is 1.49. The Morgan fingerprint density at radius 3 is 2.92 bits per heavy atom. The minimum Gasteiger partial charge on any atom is -0.361 e. The molecule has 25 heavy (non-hydrogen) atoms. The van der Waals surface area contributed by atoms with Gasteiger partial charge in [-0.25, -0.2) is 0 Å². The van der Waals surface area contributed by atoms with E-state index in [0.29, 0.717) is 12.1 Å². The standard InChI is InChI=1S/C18H21N5O2/c1-19-18(25)12-23-11-14(10-21-23)22-17(24)8-4-5-13-9-20-16-7-3-2-6-15(13)16/h2-3,6-7,9-11,20H,4-5,8,12H2,1H3,(H,19,25)(H,22,24). The van der Waals surface area contributed by atoms with Gasteiger partial charge >= 0.3 is 0 Å². The third kappa shape index (κ3) is 4.26. The van der Waals surface area contributed by atoms with Crippen molar-refractivity contribution in [1.29, 1.82) is 0 Å². The van der Waals surface area contributed by atoms with Crippen LogP contribution in [0.1, 0.15) is 18.4 Å². The number of aryl methyl sites for hydroxylation is 1. The smallest absolute Gasteiger partial charge is 0.241 e. The Hall–Kier alpha value is -3.09. The number of fused-ring (bicyclic) bond motifs is 1. The molecule has 130 valence electrons. The Labute approximate surface area is 145 Å². The predicted octanol–water partition coefficient (Wildman–Crippen LogP) is 2.07. The number of likely N-dealkylation sites (N-methyl/N-ethyl adjacent to an activating group) is 1. The van der Waals surface area contributed by atoms with E-state index >= 15 is 0 Å². The number of hydrogen-bond donors (Lipinski definition) is 3. The number of anilines is 1. The molecule has 7 heteroatoms. The lowest BCUT2D eigenvalue weighted by Crippen LogP contribution is -2.23. The fourth-order valence-electron chi connectivity index (χ4n) is 2.74. The highest BCUT2D eigenvalue weighted by Gasteiger charge is 2.08. The topological polar surface area (TPSA) is 91.8 Å². The second kappa shape index (κ2) is 7.65. The zero-order chi connectivity index (χ0) is 17.6. The van der Waals surface area contributed by atoms with Gasteiger partial charge in [0.2, 0.25) is 11.8 Å². The number of para-hydroxylation sites is 1. The van der Waals surface area contributed by atoms with Gasteiger partial charge in [0, 0.05) is 36.8 Å². The molecule has 3 rings (SSSR count). The van der Waals surface area contributed by atoms with E-state index in [2.05, 4.69) is 26.8 Å². The summed E-state index contributed by atoms with van der Waals surface area (Å²) in [6.07, 6.45) is 7.23. The number of amides is 2. The molecule has 0 aliphatic rings. The van der Waals surface area contributed by atoms with E-state index in [9.17, 15) is 9.59 Å². The maximum Gasteiger partial charge on any atom is 0.241 e. The van der Waals surface area contributed by atoms with Crippen molar-refractivity contribution >= 4 is 28.4 Å². The van der Waals surface area contributed by atoms with Crippen molar-refractivity contribution in [2.45, 2.75) is 25.8 Å². The molecular weight excluding hydrogens is 318 g/mol. The fourth-order valence-corrected chi connectivity index (χ4v) is 2.74. The highest BCUT2D eigenvalue weighted by atomic mass is 16.2. The Balaban J connectivity index is 1.47. The van der Waals surface area contributed by atoms with E-state index < -0.39 is 0 Å². The molecule has 0 saturated heterocycles. The molecule has 0 atom stereocenters. The summed E-state index contributed by atoms with van der Waals surface area (Å²) in [7, 11) is 1.57. The van der Waals surface area contributed by atoms with Gasteiger partial charge in [-0.15, -0.1) is 0 Å². The molecule has 0 bridgehead atoms. The lowest BCUT2D eigenvalue weighted by molar-refractivity contribution is -0.121. The number of nitrogens with one attached hydrogen (secondary N) is 3. The number of carbonyl (C=O) groups is 2. The van der Waals surface area contributed by atoms with Gasteiger partial charge in [-0.2, -0.15) is 5.10 Å². The summed E-state index contributed by atoms with van der Waals surface area (Å²) in [6, 6.07) is 8.15. The average Bonchev–Trinajstić information content (AvgIpc) is 3.22. The summed E-state index contributed by atoms with van der Waals surface area (Å²) in [5, 5.41) is 10.6. The van der Waals surface area contributed by atoms with Crippen LogP contribution in [0.4, 0.5) is 5.69 Å². The van der Waals surface area contributed by atoms with Crippen LogP contribution in [0.2, 0.25) is 0 Å². The summed E-state index contributed by atoms with van der Waals surface area (Å²) in [6.45, 7) is 0.132. The molecule has 0 unspecified atom stereocenters. The maximum atomic E-state index is 12.1. The lowest BCUT2D eigenvalue weighted by Gasteiger charge is -2.03. The van der Waals surface area contributed by atoms with Crippen LogP contribution < -0.4 is 10.6 Å². The first kappa shape index (κ1) is 16.8. The number of aromatic amines is 1. The van der Waals surface area contributed by atoms with Gasteiger partial charge in [0.05, 0.1) is 11.9 Å². The predicted molar refractivity (Wildman–Crippen MR) is 96.2 cm³/mol. The number of hydrogen-bond acceptors (Lipinski definition) is 3. The minimum absolute atomic E-state index is 0.0562. The Morgan fingerprint density at radius 1 is 1.24 bits per heavy atom. The van der Waals surface area contributed by atoms with E-state index in [-0.39, 0.29) is 18.4 Å². The Kier molecular flexibility index (Phi) is 5.13. The highest BCUT2D eigenvalue weighted by molar-refractivity contribution is 5.90. The summed E-state index contributed by atoms with van der Waals surface area (Å²) >= 11 is 0. The molecule has 0 aliphatic heterocycles. The molecular formula is C18H21N5O2. The van der Waals surface area contributed by atoms with Crippen LogP contribution >= 0.6 is 0 Å². The number of H-pyrrole nitrogens is 1. The largest absolute Gasteiger partial charge is 0.361 e. The third-order valence-electron chi connectivity index (χ3n) is 4.03. The van der Waals surface area contributed by atoms with Crippen molar-refractivity contribution in [1.82, 2.24) is 20.1 Å². The zero-order valence-corrected chi connectivity index (χ0v) is 14.1. The third-order valence-corrected chi connectivity index (χ3v) is 4.03. The van der Waals surface area contributed by atoms with E-state index in [0.717, 1.165) is 18.4 Å². The van der Waals surface area contributed by atoms with Crippen LogP contribution in [0.5, 0.6) is 0 Å². The molecule has 0 aliphatic carbocycles. The number of carbonyl (C=O) groups excluding carboxylic acids is 2. The number of aromatic nitrogens is 3. The number of nitrogens with zero attached hydrogens (tertiary/aromatic N) is 2. The number of rotatable bonds is 7. The van der Waals surface area contributed by atoms with Crippen LogP contribution in [-0.2, 0) is 22.6 Å². The molecule has 3 N–H and O–H groups in total. The minimum atomic E-state index is -0.139. The zero-order valence-electron chi connectivity index (χ0n) is 14.1. The molecule has 2 aromatic heterocycles. The van der Waals surface area contributed by atoms with Crippen molar-refractivity contribution in [2.24, 2.45) is 0 Å². The molecule has 0 saturated carbocycles. The Bertz CT molecular complexity index is 880. The molecule has 2 amide bonds. The molecule has 3 aromatic rings. The van der Waals surface area contributed by atoms with E-state index in [1.54, 1.807) is 19.4 Å². The summed E-state index contributed by atoms with van der Waals surface area (Å²) in [5.74, 6) is -0.195. The van der Waals surface area contributed by atoms with Crippen LogP contribution in [0.15, 0.2) is 42.9 Å². The second-order valence-corrected chi connectivity index (χ2v) is 5.86. The highest BCUT2D eigenvalue weighted by Crippen LogP contribution is 2.19. The molecule has 0 radical (unpaired) electrons. The van der Waals surface area contributed by atoms with Gasteiger partial charge in [0.1, 0.15) is 6.54 Å². The van der Waals surface area contributed by atoms with E-state index in [1.165, 1.54) is 15.6 Å². The number of benzene rings is 1. The molecule has 0 spiro atoms. The maximum absolute atomic E-state index is 12.1. The van der Waals surface area contributed by atoms with E-state index in [4.69, 9.17) is 0 Å². The van der Waals surface area contributed by atoms with E-state index in [1.807, 2.05) is 24.4 Å². The molecule has 7 nitrogen and oxygen atoms in total. The Morgan fingerprint density at radius 2 is 2.08 bits per heavy atom. The quantitative estimate of drug-likeness (QED) is 0.615. The van der Waals surface area contributed by atoms with Gasteiger partial charge in [0.15, 0.2) is 0 Å². The first-order chi connectivity index (χ1) is 12.2. The first-order valence-corrected chi connectivity index (χ1v) is 8.23. The first-order valence-electron chi connectivity index (χ1n) is 8.23. The normalized spacial score (nSPS) is 10.8. The van der Waals surface area contributed by atoms with Crippen LogP contribution in [-0.4, -0.2) is 33.6 Å². The summed E-state index contributed by atoms with van der Waals surface area (Å²) in [4.78, 5) is 26.6. The van der Waals surface area contributed by atoms with Gasteiger partial charge < -0.3 is 15.6 Å². The van der Waals surface area contributed by atoms with Crippen molar-refractivity contribution in [3.63, 3.8) is 0 Å². The lowest BCUT2D eigenvalue weighted by atomic mass is 10.1. The SMILES string of the molecule is CNC(=O)Cn1cc(NC(=O)CCCc2c[nH]c3ccccc23)cn1. The van der Waals surface area contributed by atoms with Gasteiger partial charge in [-0.05, 0) is 24.5 Å². The van der Waals surface area contributed by atoms with Crippen molar-refractivity contribution < 1.29 is 9.59 Å². The van der Waals surface area contributed by atoms with Crippen molar-refractivity contribution in [2.75, 3.05) is 12.4 Å². The van der Waals surface area contributed by atoms with Gasteiger partial charge in [0.25, 0.3) is 0 Å². The molecule has 1 aromatic carbocycles. The second-order valence-electron chi connectivity index (χ2n) is 5.86. The van der Waals surface area contributed by atoms with Gasteiger partial charge in [-0.3, -0.25) is 14.3 Å². The molecule has 2 heterocycles. The fraction of sp³-hybridized carbons (Fsp3) is 0.278. The average molecular weight is 339 g/mol. The van der Waals surface area contributed by atoms with Crippen LogP contribution in [0.25, 0.3) is 10.9 Å². The van der Waals surface area contributed by atoms with Crippen molar-refractivity contribution in [3.8, 4) is 0 Å². The molecule has 0 fully saturated rings. The van der Waals surface area contributed by atoms with Crippen molar-refractivity contribution in [3.05, 3.63) is 48.4 Å². The summed E-state index contributed by atoms with van der Waals surface area (Å²) in [5.41, 5.74) is 2.94. The van der Waals surface area contributed by atoms with Crippen LogP contribution in [0, 0.1) is 0 Å². The monoisotopic (exact) mass is 339 g/mol. The van der Waals surface area contributed by atoms with Crippen LogP contribution in [0.3, 0.4) is 0 Å². The van der Waals surface area contributed by atoms with Gasteiger partial charge in [-0.1, -0.05) is 18.2 Å².